The van der Waals surface area contributed by atoms with E-state index in [9.17, 15) is 0 Å². The summed E-state index contributed by atoms with van der Waals surface area (Å²) in [7, 11) is 0. The Morgan fingerprint density at radius 3 is 2.60 bits per heavy atom. The Balaban J connectivity index is 2.47. The number of hydrogen-bond donors (Lipinski definition) is 1. The molecular formula is C11H12Cl2N2. The average Bonchev–Trinajstić information content (AvgIpc) is 2.46. The normalized spacial score (nSPS) is 11.5. The first-order valence-electron chi connectivity index (χ1n) is 4.90. The fraction of sp³-hybridized carbons (Fsp3) is 0.364. The number of hydrogen-bond acceptors (Lipinski definition) is 1. The van der Waals surface area contributed by atoms with Crippen molar-refractivity contribution in [2.75, 3.05) is 0 Å². The summed E-state index contributed by atoms with van der Waals surface area (Å²) in [6, 6.07) is 3.61. The molecule has 1 aromatic carbocycles. The van der Waals surface area contributed by atoms with Crippen molar-refractivity contribution in [3.05, 3.63) is 28.0 Å². The van der Waals surface area contributed by atoms with Crippen LogP contribution in [0.1, 0.15) is 19.7 Å². The summed E-state index contributed by atoms with van der Waals surface area (Å²) in [6.45, 7) is 4.32. The molecule has 2 aromatic rings. The third kappa shape index (κ3) is 2.27. The fourth-order valence-corrected chi connectivity index (χ4v) is 1.86. The predicted molar refractivity (Wildman–Crippen MR) is 64.7 cm³/mol. The van der Waals surface area contributed by atoms with Crippen LogP contribution in [0.25, 0.3) is 11.0 Å². The molecule has 1 N–H and O–H groups in total. The molecule has 0 bridgehead atoms. The van der Waals surface area contributed by atoms with Crippen LogP contribution in [0.2, 0.25) is 10.0 Å². The Morgan fingerprint density at radius 1 is 1.27 bits per heavy atom. The van der Waals surface area contributed by atoms with E-state index in [4.69, 9.17) is 23.2 Å². The topological polar surface area (TPSA) is 28.7 Å². The van der Waals surface area contributed by atoms with Gasteiger partial charge >= 0.3 is 0 Å². The van der Waals surface area contributed by atoms with Gasteiger partial charge in [-0.05, 0) is 18.1 Å². The van der Waals surface area contributed by atoms with E-state index in [0.29, 0.717) is 16.0 Å². The summed E-state index contributed by atoms with van der Waals surface area (Å²) in [5, 5.41) is 1.11. The number of nitrogens with zero attached hydrogens (tertiary/aromatic N) is 1. The highest BCUT2D eigenvalue weighted by Gasteiger charge is 2.07. The lowest BCUT2D eigenvalue weighted by molar-refractivity contribution is 0.627. The van der Waals surface area contributed by atoms with Crippen molar-refractivity contribution in [3.63, 3.8) is 0 Å². The van der Waals surface area contributed by atoms with Crippen LogP contribution in [0, 0.1) is 5.92 Å². The smallest absolute Gasteiger partial charge is 0.107 e. The molecule has 15 heavy (non-hydrogen) atoms. The van der Waals surface area contributed by atoms with Gasteiger partial charge in [-0.3, -0.25) is 0 Å². The first-order chi connectivity index (χ1) is 7.06. The van der Waals surface area contributed by atoms with E-state index < -0.39 is 0 Å². The molecule has 0 saturated heterocycles. The maximum Gasteiger partial charge on any atom is 0.107 e. The molecular weight excluding hydrogens is 231 g/mol. The predicted octanol–water partition coefficient (Wildman–Crippen LogP) is 4.07. The molecule has 0 aliphatic rings. The van der Waals surface area contributed by atoms with E-state index in [-0.39, 0.29) is 0 Å². The number of rotatable bonds is 2. The lowest BCUT2D eigenvalue weighted by Gasteiger charge is -1.98. The van der Waals surface area contributed by atoms with Gasteiger partial charge in [0.1, 0.15) is 5.82 Å². The highest BCUT2D eigenvalue weighted by atomic mass is 35.5. The van der Waals surface area contributed by atoms with E-state index in [1.54, 1.807) is 6.07 Å². The van der Waals surface area contributed by atoms with Gasteiger partial charge in [0.15, 0.2) is 0 Å². The van der Waals surface area contributed by atoms with Gasteiger partial charge in [-0.1, -0.05) is 37.0 Å². The van der Waals surface area contributed by atoms with Gasteiger partial charge in [-0.2, -0.15) is 0 Å². The molecule has 0 aliphatic heterocycles. The van der Waals surface area contributed by atoms with Gasteiger partial charge in [-0.15, -0.1) is 0 Å². The van der Waals surface area contributed by atoms with E-state index in [0.717, 1.165) is 23.3 Å². The van der Waals surface area contributed by atoms with Crippen LogP contribution < -0.4 is 0 Å². The molecule has 1 heterocycles. The largest absolute Gasteiger partial charge is 0.342 e. The number of H-pyrrole nitrogens is 1. The molecule has 1 aromatic heterocycles. The quantitative estimate of drug-likeness (QED) is 0.846. The summed E-state index contributed by atoms with van der Waals surface area (Å²) in [4.78, 5) is 7.70. The Hall–Kier alpha value is -0.730. The van der Waals surface area contributed by atoms with Gasteiger partial charge in [-0.25, -0.2) is 4.98 Å². The maximum atomic E-state index is 5.92. The maximum absolute atomic E-state index is 5.92. The number of aromatic amines is 1. The van der Waals surface area contributed by atoms with Crippen LogP contribution in [0.5, 0.6) is 0 Å². The number of imidazole rings is 1. The van der Waals surface area contributed by atoms with Crippen LogP contribution in [-0.4, -0.2) is 9.97 Å². The van der Waals surface area contributed by atoms with Crippen molar-refractivity contribution in [1.29, 1.82) is 0 Å². The fourth-order valence-electron chi connectivity index (χ4n) is 1.54. The number of halogens is 2. The monoisotopic (exact) mass is 242 g/mol. The number of fused-ring (bicyclic) bond motifs is 1. The van der Waals surface area contributed by atoms with Gasteiger partial charge < -0.3 is 4.98 Å². The number of benzene rings is 1. The summed E-state index contributed by atoms with van der Waals surface area (Å²) in [5.41, 5.74) is 1.82. The minimum Gasteiger partial charge on any atom is -0.342 e. The molecule has 0 radical (unpaired) electrons. The van der Waals surface area contributed by atoms with E-state index >= 15 is 0 Å². The highest BCUT2D eigenvalue weighted by Crippen LogP contribution is 2.26. The van der Waals surface area contributed by atoms with Crippen LogP contribution in [0.4, 0.5) is 0 Å². The average molecular weight is 243 g/mol. The van der Waals surface area contributed by atoms with Crippen molar-refractivity contribution in [2.24, 2.45) is 5.92 Å². The molecule has 4 heteroatoms. The highest BCUT2D eigenvalue weighted by molar-refractivity contribution is 6.42. The summed E-state index contributed by atoms with van der Waals surface area (Å²) in [5.74, 6) is 1.56. The van der Waals surface area contributed by atoms with Gasteiger partial charge in [0.25, 0.3) is 0 Å². The molecule has 0 aliphatic carbocycles. The van der Waals surface area contributed by atoms with Crippen LogP contribution in [0.15, 0.2) is 12.1 Å². The number of aromatic nitrogens is 2. The zero-order chi connectivity index (χ0) is 11.0. The summed E-state index contributed by atoms with van der Waals surface area (Å²) in [6.07, 6.45) is 0.934. The first-order valence-corrected chi connectivity index (χ1v) is 5.65. The van der Waals surface area contributed by atoms with E-state index in [1.807, 2.05) is 6.07 Å². The van der Waals surface area contributed by atoms with E-state index in [1.165, 1.54) is 0 Å². The molecule has 0 unspecified atom stereocenters. The SMILES string of the molecule is CC(C)Cc1nc2cc(Cl)c(Cl)cc2[nH]1. The molecule has 0 atom stereocenters. The summed E-state index contributed by atoms with van der Waals surface area (Å²) >= 11 is 11.8. The molecule has 0 fully saturated rings. The zero-order valence-electron chi connectivity index (χ0n) is 8.64. The van der Waals surface area contributed by atoms with Crippen molar-refractivity contribution in [2.45, 2.75) is 20.3 Å². The Kier molecular flexibility index (Phi) is 2.89. The zero-order valence-corrected chi connectivity index (χ0v) is 10.2. The third-order valence-corrected chi connectivity index (χ3v) is 2.90. The Morgan fingerprint density at radius 2 is 1.93 bits per heavy atom. The Bertz CT molecular complexity index is 450. The molecule has 0 spiro atoms. The van der Waals surface area contributed by atoms with Crippen molar-refractivity contribution in [3.8, 4) is 0 Å². The lowest BCUT2D eigenvalue weighted by Crippen LogP contribution is -1.95. The van der Waals surface area contributed by atoms with Gasteiger partial charge in [0.2, 0.25) is 0 Å². The van der Waals surface area contributed by atoms with E-state index in [2.05, 4.69) is 23.8 Å². The molecule has 2 nitrogen and oxygen atoms in total. The lowest BCUT2D eigenvalue weighted by atomic mass is 10.1. The molecule has 2 rings (SSSR count). The van der Waals surface area contributed by atoms with Crippen LogP contribution in [-0.2, 0) is 6.42 Å². The minimum absolute atomic E-state index is 0.548. The van der Waals surface area contributed by atoms with Crippen molar-refractivity contribution in [1.82, 2.24) is 9.97 Å². The van der Waals surface area contributed by atoms with Gasteiger partial charge in [0.05, 0.1) is 21.1 Å². The van der Waals surface area contributed by atoms with Crippen molar-refractivity contribution < 1.29 is 0 Å². The number of nitrogens with one attached hydrogen (secondary N) is 1. The molecule has 0 amide bonds. The second-order valence-electron chi connectivity index (χ2n) is 4.06. The standard InChI is InChI=1S/C11H12Cl2N2/c1-6(2)3-11-14-9-4-7(12)8(13)5-10(9)15-11/h4-6H,3H2,1-2H3,(H,14,15). The van der Waals surface area contributed by atoms with Crippen molar-refractivity contribution >= 4 is 34.2 Å². The molecule has 80 valence electrons. The third-order valence-electron chi connectivity index (χ3n) is 2.17. The first kappa shape index (κ1) is 10.8. The minimum atomic E-state index is 0.548. The Labute approximate surface area is 98.6 Å². The molecule has 0 saturated carbocycles. The second-order valence-corrected chi connectivity index (χ2v) is 4.88. The van der Waals surface area contributed by atoms with Gasteiger partial charge in [0, 0.05) is 6.42 Å². The van der Waals surface area contributed by atoms with Crippen LogP contribution >= 0.6 is 23.2 Å². The summed E-state index contributed by atoms with van der Waals surface area (Å²) < 4.78 is 0. The second kappa shape index (κ2) is 4.03. The van der Waals surface area contributed by atoms with Crippen LogP contribution in [0.3, 0.4) is 0 Å².